The zero-order chi connectivity index (χ0) is 13.2. The number of fused-ring (bicyclic) bond motifs is 1. The Morgan fingerprint density at radius 3 is 2.42 bits per heavy atom. The smallest absolute Gasteiger partial charge is 0.0111 e. The summed E-state index contributed by atoms with van der Waals surface area (Å²) in [4.78, 5) is 2.73. The second kappa shape index (κ2) is 6.13. The Hall–Kier alpha value is -0.0800. The van der Waals surface area contributed by atoms with Crippen molar-refractivity contribution in [1.82, 2.24) is 10.2 Å². The van der Waals surface area contributed by atoms with Gasteiger partial charge in [0, 0.05) is 18.1 Å². The Balaban J connectivity index is 1.42. The van der Waals surface area contributed by atoms with Crippen LogP contribution in [0.3, 0.4) is 0 Å². The fourth-order valence-corrected chi connectivity index (χ4v) is 4.66. The molecule has 1 aliphatic carbocycles. The van der Waals surface area contributed by atoms with E-state index in [-0.39, 0.29) is 0 Å². The molecule has 2 heterocycles. The normalized spacial score (nSPS) is 40.6. The lowest BCUT2D eigenvalue weighted by atomic mass is 9.79. The van der Waals surface area contributed by atoms with E-state index >= 15 is 0 Å². The highest BCUT2D eigenvalue weighted by molar-refractivity contribution is 4.91. The maximum Gasteiger partial charge on any atom is 0.0111 e. The molecule has 2 unspecified atom stereocenters. The highest BCUT2D eigenvalue weighted by Gasteiger charge is 2.33. The number of hydrogen-bond acceptors (Lipinski definition) is 2. The van der Waals surface area contributed by atoms with Crippen LogP contribution in [0.5, 0.6) is 0 Å². The van der Waals surface area contributed by atoms with Gasteiger partial charge in [0.15, 0.2) is 0 Å². The van der Waals surface area contributed by atoms with Crippen molar-refractivity contribution >= 4 is 0 Å². The van der Waals surface area contributed by atoms with Crippen molar-refractivity contribution in [1.29, 1.82) is 0 Å². The molecule has 3 aliphatic rings. The summed E-state index contributed by atoms with van der Waals surface area (Å²) in [5, 5.41) is 4.00. The van der Waals surface area contributed by atoms with Crippen LogP contribution >= 0.6 is 0 Å². The first-order chi connectivity index (χ1) is 9.22. The van der Waals surface area contributed by atoms with Gasteiger partial charge in [0.05, 0.1) is 0 Å². The summed E-state index contributed by atoms with van der Waals surface area (Å²) >= 11 is 0. The lowest BCUT2D eigenvalue weighted by molar-refractivity contribution is 0.148. The maximum atomic E-state index is 4.00. The molecular formula is C17H32N2. The van der Waals surface area contributed by atoms with E-state index in [1.165, 1.54) is 64.5 Å². The second-order valence-corrected chi connectivity index (χ2v) is 7.58. The van der Waals surface area contributed by atoms with Crippen LogP contribution in [0.4, 0.5) is 0 Å². The van der Waals surface area contributed by atoms with Crippen LogP contribution in [0.15, 0.2) is 0 Å². The van der Waals surface area contributed by atoms with Crippen LogP contribution in [0.25, 0.3) is 0 Å². The summed E-state index contributed by atoms with van der Waals surface area (Å²) in [7, 11) is 0. The Bertz CT molecular complexity index is 281. The first-order valence-corrected chi connectivity index (χ1v) is 8.72. The van der Waals surface area contributed by atoms with Crippen molar-refractivity contribution in [2.75, 3.05) is 13.1 Å². The zero-order valence-electron chi connectivity index (χ0n) is 12.9. The third-order valence-electron chi connectivity index (χ3n) is 6.01. The quantitative estimate of drug-likeness (QED) is 0.840. The molecule has 19 heavy (non-hydrogen) atoms. The Labute approximate surface area is 119 Å². The molecule has 0 aromatic heterocycles. The van der Waals surface area contributed by atoms with Crippen LogP contribution < -0.4 is 5.32 Å². The average Bonchev–Trinajstić information content (AvgIpc) is 2.87. The molecule has 0 aromatic rings. The highest BCUT2D eigenvalue weighted by Crippen LogP contribution is 2.32. The molecule has 2 aliphatic heterocycles. The predicted octanol–water partition coefficient (Wildman–Crippen LogP) is 3.42. The van der Waals surface area contributed by atoms with E-state index in [4.69, 9.17) is 0 Å². The third kappa shape index (κ3) is 3.33. The second-order valence-electron chi connectivity index (χ2n) is 7.58. The minimum absolute atomic E-state index is 0.819. The molecule has 1 saturated carbocycles. The number of nitrogens with zero attached hydrogens (tertiary/aromatic N) is 1. The average molecular weight is 264 g/mol. The molecule has 2 nitrogen and oxygen atoms in total. The van der Waals surface area contributed by atoms with Crippen molar-refractivity contribution in [2.45, 2.75) is 83.3 Å². The van der Waals surface area contributed by atoms with Gasteiger partial charge in [0.1, 0.15) is 0 Å². The van der Waals surface area contributed by atoms with Crippen LogP contribution in [-0.4, -0.2) is 36.1 Å². The van der Waals surface area contributed by atoms with Gasteiger partial charge < -0.3 is 10.2 Å². The molecule has 2 atom stereocenters. The Morgan fingerprint density at radius 1 is 0.895 bits per heavy atom. The maximum absolute atomic E-state index is 4.00. The molecule has 0 amide bonds. The fourth-order valence-electron chi connectivity index (χ4n) is 4.66. The minimum atomic E-state index is 0.819. The SMILES string of the molecule is CC(C)C1CCC(NC2CCN3CCCC3C2)CC1. The van der Waals surface area contributed by atoms with Gasteiger partial charge in [-0.3, -0.25) is 0 Å². The number of piperidine rings is 1. The molecule has 0 aromatic carbocycles. The van der Waals surface area contributed by atoms with Gasteiger partial charge in [-0.2, -0.15) is 0 Å². The molecule has 3 rings (SSSR count). The van der Waals surface area contributed by atoms with Crippen molar-refractivity contribution in [3.63, 3.8) is 0 Å². The van der Waals surface area contributed by atoms with E-state index in [0.717, 1.165) is 30.0 Å². The summed E-state index contributed by atoms with van der Waals surface area (Å²) in [6.45, 7) is 7.52. The van der Waals surface area contributed by atoms with Gasteiger partial charge >= 0.3 is 0 Å². The van der Waals surface area contributed by atoms with E-state index < -0.39 is 0 Å². The Kier molecular flexibility index (Phi) is 4.48. The van der Waals surface area contributed by atoms with Gasteiger partial charge in [-0.15, -0.1) is 0 Å². The summed E-state index contributed by atoms with van der Waals surface area (Å²) in [5.41, 5.74) is 0. The van der Waals surface area contributed by atoms with Crippen LogP contribution in [0.1, 0.15) is 65.2 Å². The molecule has 110 valence electrons. The van der Waals surface area contributed by atoms with E-state index in [2.05, 4.69) is 24.1 Å². The summed E-state index contributed by atoms with van der Waals surface area (Å²) in [6, 6.07) is 2.56. The van der Waals surface area contributed by atoms with Gasteiger partial charge in [0.2, 0.25) is 0 Å². The first kappa shape index (κ1) is 13.9. The van der Waals surface area contributed by atoms with Crippen molar-refractivity contribution in [3.8, 4) is 0 Å². The topological polar surface area (TPSA) is 15.3 Å². The van der Waals surface area contributed by atoms with Crippen molar-refractivity contribution in [3.05, 3.63) is 0 Å². The zero-order valence-corrected chi connectivity index (χ0v) is 12.9. The monoisotopic (exact) mass is 264 g/mol. The molecule has 2 heteroatoms. The van der Waals surface area contributed by atoms with E-state index in [1.54, 1.807) is 0 Å². The van der Waals surface area contributed by atoms with Crippen LogP contribution in [-0.2, 0) is 0 Å². The van der Waals surface area contributed by atoms with Gasteiger partial charge in [-0.05, 0) is 76.3 Å². The molecule has 0 spiro atoms. The highest BCUT2D eigenvalue weighted by atomic mass is 15.2. The Morgan fingerprint density at radius 2 is 1.68 bits per heavy atom. The molecular weight excluding hydrogens is 232 g/mol. The standard InChI is InChI=1S/C17H32N2/c1-13(2)14-5-7-15(8-6-14)18-16-9-11-19-10-3-4-17(19)12-16/h13-18H,3-12H2,1-2H3. The van der Waals surface area contributed by atoms with Gasteiger partial charge in [-0.25, -0.2) is 0 Å². The molecule has 2 saturated heterocycles. The molecule has 0 bridgehead atoms. The van der Waals surface area contributed by atoms with Gasteiger partial charge in [-0.1, -0.05) is 13.8 Å². The van der Waals surface area contributed by atoms with E-state index in [9.17, 15) is 0 Å². The summed E-state index contributed by atoms with van der Waals surface area (Å²) < 4.78 is 0. The van der Waals surface area contributed by atoms with Gasteiger partial charge in [0.25, 0.3) is 0 Å². The lowest BCUT2D eigenvalue weighted by Crippen LogP contribution is -2.49. The largest absolute Gasteiger partial charge is 0.311 e. The van der Waals surface area contributed by atoms with E-state index in [1.807, 2.05) is 0 Å². The third-order valence-corrected chi connectivity index (χ3v) is 6.01. The predicted molar refractivity (Wildman–Crippen MR) is 81.3 cm³/mol. The summed E-state index contributed by atoms with van der Waals surface area (Å²) in [5.74, 6) is 1.89. The van der Waals surface area contributed by atoms with Crippen molar-refractivity contribution in [2.24, 2.45) is 11.8 Å². The molecule has 1 N–H and O–H groups in total. The first-order valence-electron chi connectivity index (χ1n) is 8.72. The molecule has 0 radical (unpaired) electrons. The summed E-state index contributed by atoms with van der Waals surface area (Å²) in [6.07, 6.45) is 11.5. The number of rotatable bonds is 3. The number of nitrogens with one attached hydrogen (secondary N) is 1. The number of hydrogen-bond donors (Lipinski definition) is 1. The molecule has 3 fully saturated rings. The lowest BCUT2D eigenvalue weighted by Gasteiger charge is -2.39. The minimum Gasteiger partial charge on any atom is -0.311 e. The van der Waals surface area contributed by atoms with Crippen LogP contribution in [0, 0.1) is 11.8 Å². The fraction of sp³-hybridized carbons (Fsp3) is 1.00. The van der Waals surface area contributed by atoms with Crippen LogP contribution in [0.2, 0.25) is 0 Å². The van der Waals surface area contributed by atoms with Crippen molar-refractivity contribution < 1.29 is 0 Å². The van der Waals surface area contributed by atoms with E-state index in [0.29, 0.717) is 0 Å².